The summed E-state index contributed by atoms with van der Waals surface area (Å²) < 4.78 is 10.3. The number of ketones is 1. The van der Waals surface area contributed by atoms with Gasteiger partial charge in [-0.05, 0) is 49.2 Å². The Kier molecular flexibility index (Phi) is 7.11. The smallest absolute Gasteiger partial charge is 0.344 e. The number of hydrogen-bond donors (Lipinski definition) is 1. The van der Waals surface area contributed by atoms with Gasteiger partial charge in [0.25, 0.3) is 5.91 Å². The number of esters is 1. The van der Waals surface area contributed by atoms with Crippen LogP contribution in [-0.2, 0) is 22.5 Å². The summed E-state index contributed by atoms with van der Waals surface area (Å²) in [6, 6.07) is 9.81. The van der Waals surface area contributed by atoms with Crippen molar-refractivity contribution in [3.8, 4) is 17.6 Å². The number of amides is 1. The summed E-state index contributed by atoms with van der Waals surface area (Å²) in [7, 11) is 0. The van der Waals surface area contributed by atoms with E-state index in [0.717, 1.165) is 0 Å². The van der Waals surface area contributed by atoms with Crippen LogP contribution in [0.2, 0.25) is 0 Å². The van der Waals surface area contributed by atoms with Crippen molar-refractivity contribution in [2.24, 2.45) is 0 Å². The molecule has 0 radical (unpaired) electrons. The van der Waals surface area contributed by atoms with Gasteiger partial charge in [0, 0.05) is 17.7 Å². The van der Waals surface area contributed by atoms with Gasteiger partial charge in [0.15, 0.2) is 12.4 Å². The van der Waals surface area contributed by atoms with E-state index in [2.05, 4.69) is 0 Å². The minimum atomic E-state index is -0.527. The summed E-state index contributed by atoms with van der Waals surface area (Å²) in [5, 5.41) is 19.8. The Morgan fingerprint density at radius 3 is 2.69 bits per heavy atom. The Morgan fingerprint density at radius 2 is 2.00 bits per heavy atom. The monoisotopic (exact) mass is 436 g/mol. The fraction of sp³-hybridized carbons (Fsp3) is 0.333. The average molecular weight is 436 g/mol. The van der Waals surface area contributed by atoms with Gasteiger partial charge in [-0.15, -0.1) is 0 Å². The third-order valence-electron chi connectivity index (χ3n) is 5.14. The van der Waals surface area contributed by atoms with Gasteiger partial charge in [0.2, 0.25) is 0 Å². The third kappa shape index (κ3) is 4.72. The second kappa shape index (κ2) is 9.96. The molecule has 8 heteroatoms. The van der Waals surface area contributed by atoms with E-state index >= 15 is 0 Å². The van der Waals surface area contributed by atoms with Gasteiger partial charge < -0.3 is 19.5 Å². The lowest BCUT2D eigenvalue weighted by atomic mass is 10.0. The maximum Gasteiger partial charge on any atom is 0.344 e. The normalized spacial score (nSPS) is 12.3. The number of phenols is 1. The standard InChI is InChI=1S/C24H24N2O6/c1-3-5-19-21(32-14-22(28)31-4-2)9-8-18(23(19)29)20(27)13-26-12-16-10-15(11-25)6-7-17(16)24(26)30/h6-10,29H,3-5,12-14H2,1-2H3. The van der Waals surface area contributed by atoms with Crippen molar-refractivity contribution in [1.29, 1.82) is 5.26 Å². The lowest BCUT2D eigenvalue weighted by Gasteiger charge is -2.17. The van der Waals surface area contributed by atoms with Crippen molar-refractivity contribution in [2.45, 2.75) is 33.2 Å². The largest absolute Gasteiger partial charge is 0.507 e. The van der Waals surface area contributed by atoms with Crippen LogP contribution < -0.4 is 4.74 Å². The number of nitrogens with zero attached hydrogens (tertiary/aromatic N) is 2. The van der Waals surface area contributed by atoms with Crippen LogP contribution in [0.5, 0.6) is 11.5 Å². The SMILES string of the molecule is CCCc1c(OCC(=O)OCC)ccc(C(=O)CN2Cc3cc(C#N)ccc3C2=O)c1O. The van der Waals surface area contributed by atoms with Gasteiger partial charge in [-0.2, -0.15) is 5.26 Å². The van der Waals surface area contributed by atoms with Gasteiger partial charge in [-0.1, -0.05) is 13.3 Å². The number of nitriles is 1. The minimum absolute atomic E-state index is 0.0819. The summed E-state index contributed by atoms with van der Waals surface area (Å²) in [6.45, 7) is 3.55. The average Bonchev–Trinajstić information content (AvgIpc) is 3.08. The molecule has 8 nitrogen and oxygen atoms in total. The molecule has 0 saturated carbocycles. The maximum atomic E-state index is 12.9. The molecule has 0 aromatic heterocycles. The van der Waals surface area contributed by atoms with Crippen LogP contribution in [0.4, 0.5) is 0 Å². The van der Waals surface area contributed by atoms with Crippen LogP contribution in [0.1, 0.15) is 57.7 Å². The van der Waals surface area contributed by atoms with Crippen molar-refractivity contribution < 1.29 is 29.0 Å². The molecule has 166 valence electrons. The highest BCUT2D eigenvalue weighted by molar-refractivity contribution is 6.05. The van der Waals surface area contributed by atoms with Crippen LogP contribution in [0.3, 0.4) is 0 Å². The Hall–Kier alpha value is -3.86. The van der Waals surface area contributed by atoms with Gasteiger partial charge >= 0.3 is 5.97 Å². The zero-order chi connectivity index (χ0) is 23.3. The lowest BCUT2D eigenvalue weighted by Crippen LogP contribution is -2.30. The Morgan fingerprint density at radius 1 is 1.22 bits per heavy atom. The number of fused-ring (bicyclic) bond motifs is 1. The quantitative estimate of drug-likeness (QED) is 0.474. The van der Waals surface area contributed by atoms with Crippen molar-refractivity contribution in [1.82, 2.24) is 4.90 Å². The number of hydrogen-bond acceptors (Lipinski definition) is 7. The van der Waals surface area contributed by atoms with E-state index in [1.54, 1.807) is 25.1 Å². The first-order chi connectivity index (χ1) is 15.4. The van der Waals surface area contributed by atoms with E-state index < -0.39 is 11.8 Å². The molecule has 3 rings (SSSR count). The summed E-state index contributed by atoms with van der Waals surface area (Å²) in [5.74, 6) is -1.14. The van der Waals surface area contributed by atoms with E-state index in [9.17, 15) is 19.5 Å². The molecule has 0 fully saturated rings. The molecule has 2 aromatic carbocycles. The summed E-state index contributed by atoms with van der Waals surface area (Å²) in [6.07, 6.45) is 1.12. The van der Waals surface area contributed by atoms with Crippen LogP contribution in [0.25, 0.3) is 0 Å². The second-order valence-corrected chi connectivity index (χ2v) is 7.35. The molecule has 0 saturated heterocycles. The predicted octanol–water partition coefficient (Wildman–Crippen LogP) is 3.00. The zero-order valence-corrected chi connectivity index (χ0v) is 18.0. The topological polar surface area (TPSA) is 117 Å². The highest BCUT2D eigenvalue weighted by Gasteiger charge is 2.30. The fourth-order valence-corrected chi connectivity index (χ4v) is 3.65. The lowest BCUT2D eigenvalue weighted by molar-refractivity contribution is -0.145. The number of rotatable bonds is 9. The van der Waals surface area contributed by atoms with Gasteiger partial charge in [0.05, 0.1) is 30.3 Å². The van der Waals surface area contributed by atoms with E-state index in [4.69, 9.17) is 14.7 Å². The van der Waals surface area contributed by atoms with Crippen molar-refractivity contribution in [2.75, 3.05) is 19.8 Å². The van der Waals surface area contributed by atoms with Gasteiger partial charge in [0.1, 0.15) is 11.5 Å². The number of phenolic OH excluding ortho intramolecular Hbond substituents is 1. The van der Waals surface area contributed by atoms with E-state index in [1.807, 2.05) is 13.0 Å². The fourth-order valence-electron chi connectivity index (χ4n) is 3.65. The molecule has 2 aromatic rings. The molecule has 0 unspecified atom stereocenters. The zero-order valence-electron chi connectivity index (χ0n) is 18.0. The molecule has 1 aliphatic heterocycles. The molecule has 32 heavy (non-hydrogen) atoms. The molecule has 1 aliphatic rings. The summed E-state index contributed by atoms with van der Waals surface area (Å²) in [4.78, 5) is 38.5. The van der Waals surface area contributed by atoms with Crippen LogP contribution >= 0.6 is 0 Å². The number of Topliss-reactive ketones (excluding diaryl/α,β-unsaturated/α-hetero) is 1. The molecule has 1 N–H and O–H groups in total. The Bertz CT molecular complexity index is 1100. The van der Waals surface area contributed by atoms with Crippen LogP contribution in [0.15, 0.2) is 30.3 Å². The molecule has 1 heterocycles. The number of carbonyl (C=O) groups excluding carboxylic acids is 3. The van der Waals surface area contributed by atoms with Crippen molar-refractivity contribution in [3.63, 3.8) is 0 Å². The third-order valence-corrected chi connectivity index (χ3v) is 5.14. The number of benzene rings is 2. The highest BCUT2D eigenvalue weighted by Crippen LogP contribution is 2.33. The van der Waals surface area contributed by atoms with Crippen LogP contribution in [0, 0.1) is 11.3 Å². The summed E-state index contributed by atoms with van der Waals surface area (Å²) in [5.41, 5.74) is 2.12. The van der Waals surface area contributed by atoms with Gasteiger partial charge in [-0.25, -0.2) is 4.79 Å². The molecule has 0 aliphatic carbocycles. The van der Waals surface area contributed by atoms with E-state index in [1.165, 1.54) is 17.0 Å². The first-order valence-corrected chi connectivity index (χ1v) is 10.4. The van der Waals surface area contributed by atoms with Crippen LogP contribution in [-0.4, -0.2) is 47.4 Å². The number of aromatic hydroxyl groups is 1. The molecular weight excluding hydrogens is 412 g/mol. The van der Waals surface area contributed by atoms with E-state index in [0.29, 0.717) is 40.8 Å². The van der Waals surface area contributed by atoms with E-state index in [-0.39, 0.29) is 43.5 Å². The highest BCUT2D eigenvalue weighted by atomic mass is 16.6. The number of ether oxygens (including phenoxy) is 2. The molecule has 1 amide bonds. The maximum absolute atomic E-state index is 12.9. The minimum Gasteiger partial charge on any atom is -0.507 e. The molecule has 0 bridgehead atoms. The Labute approximate surface area is 186 Å². The Balaban J connectivity index is 1.78. The van der Waals surface area contributed by atoms with Crippen molar-refractivity contribution in [3.05, 3.63) is 58.1 Å². The second-order valence-electron chi connectivity index (χ2n) is 7.35. The van der Waals surface area contributed by atoms with Gasteiger partial charge in [-0.3, -0.25) is 9.59 Å². The first kappa shape index (κ1) is 22.8. The van der Waals surface area contributed by atoms with Crippen molar-refractivity contribution >= 4 is 17.7 Å². The number of carbonyl (C=O) groups is 3. The summed E-state index contributed by atoms with van der Waals surface area (Å²) >= 11 is 0. The first-order valence-electron chi connectivity index (χ1n) is 10.4. The molecule has 0 atom stereocenters. The molecule has 0 spiro atoms. The predicted molar refractivity (Wildman–Crippen MR) is 114 cm³/mol. The molecular formula is C24H24N2O6.